The highest BCUT2D eigenvalue weighted by atomic mass is 79.9. The molecule has 0 saturated carbocycles. The topological polar surface area (TPSA) is 46.5 Å². The van der Waals surface area contributed by atoms with Crippen molar-refractivity contribution in [3.8, 4) is 17.0 Å². The van der Waals surface area contributed by atoms with E-state index >= 15 is 0 Å². The molecular weight excluding hydrogens is 393 g/mol. The Hall–Kier alpha value is -2.25. The molecule has 0 aliphatic rings. The van der Waals surface area contributed by atoms with E-state index in [0.717, 1.165) is 22.6 Å². The maximum Gasteiger partial charge on any atom is 0.203 e. The van der Waals surface area contributed by atoms with Crippen LogP contribution in [0.1, 0.15) is 5.56 Å². The molecule has 124 valence electrons. The molecule has 0 spiro atoms. The Morgan fingerprint density at radius 3 is 2.50 bits per heavy atom. The standard InChI is InChI=1S/C17H14FN3OS.BrH/c1-22-15-8-4-13(5-9-15)16-11-23-17(20-16)21-19-10-12-2-6-14(18)7-3-12;/h2-11H,1H3,(H,20,21);1H/b19-10+;. The van der Waals surface area contributed by atoms with E-state index in [1.807, 2.05) is 29.6 Å². The number of thiazole rings is 1. The van der Waals surface area contributed by atoms with Crippen LogP contribution in [0.2, 0.25) is 0 Å². The smallest absolute Gasteiger partial charge is 0.203 e. The third-order valence-electron chi connectivity index (χ3n) is 3.13. The van der Waals surface area contributed by atoms with E-state index in [4.69, 9.17) is 4.74 Å². The van der Waals surface area contributed by atoms with Gasteiger partial charge in [0.1, 0.15) is 11.6 Å². The van der Waals surface area contributed by atoms with Gasteiger partial charge in [-0.15, -0.1) is 28.3 Å². The summed E-state index contributed by atoms with van der Waals surface area (Å²) in [5, 5.41) is 6.75. The molecule has 3 aromatic rings. The Balaban J connectivity index is 0.00000208. The number of ether oxygens (including phenoxy) is 1. The van der Waals surface area contributed by atoms with Gasteiger partial charge in [-0.05, 0) is 42.0 Å². The van der Waals surface area contributed by atoms with Gasteiger partial charge in [-0.25, -0.2) is 9.37 Å². The quantitative estimate of drug-likeness (QED) is 0.479. The van der Waals surface area contributed by atoms with E-state index < -0.39 is 0 Å². The van der Waals surface area contributed by atoms with Crippen LogP contribution >= 0.6 is 28.3 Å². The molecule has 3 rings (SSSR count). The molecule has 0 saturated heterocycles. The van der Waals surface area contributed by atoms with Crippen molar-refractivity contribution in [3.63, 3.8) is 0 Å². The first-order valence-electron chi connectivity index (χ1n) is 6.89. The summed E-state index contributed by atoms with van der Waals surface area (Å²) in [6, 6.07) is 13.8. The molecule has 0 aliphatic heterocycles. The largest absolute Gasteiger partial charge is 0.497 e. The van der Waals surface area contributed by atoms with Gasteiger partial charge in [-0.1, -0.05) is 12.1 Å². The molecule has 0 amide bonds. The Kier molecular flexibility index (Phi) is 6.45. The monoisotopic (exact) mass is 407 g/mol. The predicted molar refractivity (Wildman–Crippen MR) is 102 cm³/mol. The minimum absolute atomic E-state index is 0. The van der Waals surface area contributed by atoms with Crippen LogP contribution in [0.5, 0.6) is 5.75 Å². The molecule has 0 aliphatic carbocycles. The fraction of sp³-hybridized carbons (Fsp3) is 0.0588. The van der Waals surface area contributed by atoms with E-state index in [2.05, 4.69) is 15.5 Å². The minimum atomic E-state index is -0.265. The summed E-state index contributed by atoms with van der Waals surface area (Å²) in [5.41, 5.74) is 5.57. The van der Waals surface area contributed by atoms with Crippen LogP contribution < -0.4 is 10.2 Å². The van der Waals surface area contributed by atoms with Crippen LogP contribution in [0.15, 0.2) is 59.0 Å². The molecule has 4 nitrogen and oxygen atoms in total. The summed E-state index contributed by atoms with van der Waals surface area (Å²) >= 11 is 1.46. The van der Waals surface area contributed by atoms with Crippen LogP contribution in [0.3, 0.4) is 0 Å². The van der Waals surface area contributed by atoms with Gasteiger partial charge in [0.05, 0.1) is 19.0 Å². The fourth-order valence-electron chi connectivity index (χ4n) is 1.93. The van der Waals surface area contributed by atoms with E-state index in [1.165, 1.54) is 23.5 Å². The number of nitrogens with one attached hydrogen (secondary N) is 1. The third-order valence-corrected chi connectivity index (χ3v) is 3.88. The molecule has 0 bridgehead atoms. The average molecular weight is 408 g/mol. The Bertz CT molecular complexity index is 803. The molecule has 0 unspecified atom stereocenters. The lowest BCUT2D eigenvalue weighted by Gasteiger charge is -2.00. The summed E-state index contributed by atoms with van der Waals surface area (Å²) in [6.07, 6.45) is 1.62. The van der Waals surface area contributed by atoms with E-state index in [-0.39, 0.29) is 22.8 Å². The van der Waals surface area contributed by atoms with Gasteiger partial charge in [0.25, 0.3) is 0 Å². The molecule has 0 fully saturated rings. The number of anilines is 1. The summed E-state index contributed by atoms with van der Waals surface area (Å²) in [6.45, 7) is 0. The average Bonchev–Trinajstić information content (AvgIpc) is 3.06. The van der Waals surface area contributed by atoms with Gasteiger partial charge < -0.3 is 4.74 Å². The van der Waals surface area contributed by atoms with Crippen LogP contribution in [0.25, 0.3) is 11.3 Å². The summed E-state index contributed by atoms with van der Waals surface area (Å²) in [5.74, 6) is 0.547. The summed E-state index contributed by atoms with van der Waals surface area (Å²) in [7, 11) is 1.64. The van der Waals surface area contributed by atoms with Gasteiger partial charge >= 0.3 is 0 Å². The van der Waals surface area contributed by atoms with Crippen LogP contribution in [-0.4, -0.2) is 18.3 Å². The maximum atomic E-state index is 12.8. The number of nitrogens with zero attached hydrogens (tertiary/aromatic N) is 2. The normalized spacial score (nSPS) is 10.4. The van der Waals surface area contributed by atoms with Gasteiger partial charge in [0.15, 0.2) is 0 Å². The predicted octanol–water partition coefficient (Wildman–Crippen LogP) is 4.98. The van der Waals surface area contributed by atoms with Crippen molar-refractivity contribution >= 4 is 39.7 Å². The SMILES string of the molecule is Br.COc1ccc(-c2csc(N/N=C/c3ccc(F)cc3)n2)cc1. The van der Waals surface area contributed by atoms with Crippen molar-refractivity contribution in [2.45, 2.75) is 0 Å². The first-order chi connectivity index (χ1) is 11.2. The highest BCUT2D eigenvalue weighted by Gasteiger charge is 2.04. The maximum absolute atomic E-state index is 12.8. The number of hydrogen-bond acceptors (Lipinski definition) is 5. The number of methoxy groups -OCH3 is 1. The van der Waals surface area contributed by atoms with Gasteiger partial charge in [0.2, 0.25) is 5.13 Å². The van der Waals surface area contributed by atoms with Crippen molar-refractivity contribution in [1.82, 2.24) is 4.98 Å². The zero-order valence-corrected chi connectivity index (χ0v) is 15.3. The first kappa shape index (κ1) is 18.1. The summed E-state index contributed by atoms with van der Waals surface area (Å²) < 4.78 is 17.9. The molecule has 2 aromatic carbocycles. The summed E-state index contributed by atoms with van der Waals surface area (Å²) in [4.78, 5) is 4.47. The van der Waals surface area contributed by atoms with Crippen LogP contribution in [0.4, 0.5) is 9.52 Å². The van der Waals surface area contributed by atoms with Crippen molar-refractivity contribution in [2.24, 2.45) is 5.10 Å². The molecule has 1 heterocycles. The Morgan fingerprint density at radius 1 is 1.12 bits per heavy atom. The zero-order chi connectivity index (χ0) is 16.1. The number of aromatic nitrogens is 1. The molecule has 1 aromatic heterocycles. The zero-order valence-electron chi connectivity index (χ0n) is 12.8. The van der Waals surface area contributed by atoms with Crippen LogP contribution in [-0.2, 0) is 0 Å². The second-order valence-electron chi connectivity index (χ2n) is 4.69. The second kappa shape index (κ2) is 8.56. The number of rotatable bonds is 5. The molecule has 1 N–H and O–H groups in total. The lowest BCUT2D eigenvalue weighted by Crippen LogP contribution is -1.90. The van der Waals surface area contributed by atoms with Crippen molar-refractivity contribution < 1.29 is 9.13 Å². The van der Waals surface area contributed by atoms with Gasteiger partial charge in [-0.3, -0.25) is 5.43 Å². The number of hydrazone groups is 1. The van der Waals surface area contributed by atoms with E-state index in [9.17, 15) is 4.39 Å². The molecule has 7 heteroatoms. The number of benzene rings is 2. The van der Waals surface area contributed by atoms with Gasteiger partial charge in [0, 0.05) is 10.9 Å². The van der Waals surface area contributed by atoms with Crippen molar-refractivity contribution in [1.29, 1.82) is 0 Å². The van der Waals surface area contributed by atoms with Crippen molar-refractivity contribution in [3.05, 3.63) is 65.3 Å². The third kappa shape index (κ3) is 4.62. The molecular formula is C17H15BrFN3OS. The second-order valence-corrected chi connectivity index (χ2v) is 5.55. The number of halogens is 2. The lowest BCUT2D eigenvalue weighted by molar-refractivity contribution is 0.415. The highest BCUT2D eigenvalue weighted by Crippen LogP contribution is 2.26. The van der Waals surface area contributed by atoms with Crippen LogP contribution in [0, 0.1) is 5.82 Å². The Morgan fingerprint density at radius 2 is 1.83 bits per heavy atom. The van der Waals surface area contributed by atoms with Crippen molar-refractivity contribution in [2.75, 3.05) is 12.5 Å². The molecule has 24 heavy (non-hydrogen) atoms. The molecule has 0 radical (unpaired) electrons. The highest BCUT2D eigenvalue weighted by molar-refractivity contribution is 8.93. The number of hydrogen-bond donors (Lipinski definition) is 1. The Labute approximate surface area is 153 Å². The fourth-order valence-corrected chi connectivity index (χ4v) is 2.60. The lowest BCUT2D eigenvalue weighted by atomic mass is 10.2. The molecule has 0 atom stereocenters. The first-order valence-corrected chi connectivity index (χ1v) is 7.77. The van der Waals surface area contributed by atoms with Gasteiger partial charge in [-0.2, -0.15) is 5.10 Å². The minimum Gasteiger partial charge on any atom is -0.497 e. The van der Waals surface area contributed by atoms with E-state index in [0.29, 0.717) is 5.13 Å². The van der Waals surface area contributed by atoms with E-state index in [1.54, 1.807) is 25.5 Å².